The molecule has 5 heterocycles. The Morgan fingerprint density at radius 1 is 1.08 bits per heavy atom. The summed E-state index contributed by atoms with van der Waals surface area (Å²) in [5.74, 6) is 1.13. The molecule has 2 atom stereocenters. The van der Waals surface area contributed by atoms with E-state index >= 15 is 0 Å². The number of aromatic nitrogens is 6. The molecule has 1 fully saturated rings. The van der Waals surface area contributed by atoms with Gasteiger partial charge in [0.25, 0.3) is 11.1 Å². The molecule has 36 heavy (non-hydrogen) atoms. The molecular formula is C26H23N7O3. The van der Waals surface area contributed by atoms with Gasteiger partial charge in [-0.25, -0.2) is 15.0 Å². The number of rotatable bonds is 1. The molecule has 2 aliphatic heterocycles. The number of aromatic amines is 2. The zero-order chi connectivity index (χ0) is 24.4. The zero-order valence-electron chi connectivity index (χ0n) is 19.6. The molecule has 0 amide bonds. The Labute approximate surface area is 204 Å². The first-order valence-electron chi connectivity index (χ1n) is 12.0. The number of nitrogens with one attached hydrogen (secondary N) is 2. The Morgan fingerprint density at radius 2 is 2.00 bits per heavy atom. The number of ether oxygens (including phenoxy) is 1. The van der Waals surface area contributed by atoms with Crippen molar-refractivity contribution in [3.8, 4) is 28.4 Å². The Morgan fingerprint density at radius 3 is 2.89 bits per heavy atom. The molecule has 1 unspecified atom stereocenters. The van der Waals surface area contributed by atoms with Crippen molar-refractivity contribution in [3.63, 3.8) is 0 Å². The second-order valence-corrected chi connectivity index (χ2v) is 9.43. The third-order valence-corrected chi connectivity index (χ3v) is 7.02. The van der Waals surface area contributed by atoms with Gasteiger partial charge < -0.3 is 9.72 Å². The van der Waals surface area contributed by atoms with Crippen LogP contribution in [0.25, 0.3) is 44.6 Å². The summed E-state index contributed by atoms with van der Waals surface area (Å²) in [6.45, 7) is 4.77. The third-order valence-electron chi connectivity index (χ3n) is 7.02. The molecular weight excluding hydrogens is 458 g/mol. The van der Waals surface area contributed by atoms with Crippen molar-refractivity contribution in [2.45, 2.75) is 26.0 Å². The highest BCUT2D eigenvalue weighted by Gasteiger charge is 2.26. The molecule has 10 nitrogen and oxygen atoms in total. The largest absolute Gasteiger partial charge is 0.487 e. The van der Waals surface area contributed by atoms with Gasteiger partial charge in [0.15, 0.2) is 5.82 Å². The van der Waals surface area contributed by atoms with Gasteiger partial charge in [-0.05, 0) is 37.6 Å². The van der Waals surface area contributed by atoms with Gasteiger partial charge in [-0.1, -0.05) is 12.1 Å². The average Bonchev–Trinajstić information content (AvgIpc) is 3.45. The molecule has 0 radical (unpaired) electrons. The molecule has 2 aliphatic rings. The van der Waals surface area contributed by atoms with Crippen LogP contribution in [0.1, 0.15) is 12.1 Å². The number of H-pyrrole nitrogens is 2. The van der Waals surface area contributed by atoms with Gasteiger partial charge in [-0.3, -0.25) is 24.3 Å². The van der Waals surface area contributed by atoms with E-state index in [1.165, 1.54) is 0 Å². The van der Waals surface area contributed by atoms with Crippen LogP contribution in [-0.2, 0) is 6.54 Å². The van der Waals surface area contributed by atoms with Crippen molar-refractivity contribution in [1.82, 2.24) is 34.6 Å². The number of benzene rings is 2. The third kappa shape index (κ3) is 3.33. The van der Waals surface area contributed by atoms with E-state index in [-0.39, 0.29) is 22.9 Å². The Hall–Kier alpha value is -4.31. The van der Waals surface area contributed by atoms with Gasteiger partial charge in [-0.15, -0.1) is 0 Å². The minimum atomic E-state index is -0.351. The first kappa shape index (κ1) is 21.0. The fourth-order valence-electron chi connectivity index (χ4n) is 5.21. The lowest BCUT2D eigenvalue weighted by Crippen LogP contribution is -2.30. The predicted molar refractivity (Wildman–Crippen MR) is 135 cm³/mol. The molecule has 6 bridgehead atoms. The predicted octanol–water partition coefficient (Wildman–Crippen LogP) is 2.47. The van der Waals surface area contributed by atoms with Crippen LogP contribution in [0.5, 0.6) is 5.75 Å². The summed E-state index contributed by atoms with van der Waals surface area (Å²) in [5.41, 5.74) is 3.64. The minimum Gasteiger partial charge on any atom is -0.487 e. The molecule has 2 aromatic carbocycles. The molecule has 7 rings (SSSR count). The van der Waals surface area contributed by atoms with Crippen LogP contribution >= 0.6 is 0 Å². The summed E-state index contributed by atoms with van der Waals surface area (Å²) < 4.78 is 8.13. The lowest BCUT2D eigenvalue weighted by atomic mass is 10.1. The highest BCUT2D eigenvalue weighted by Crippen LogP contribution is 2.33. The van der Waals surface area contributed by atoms with Gasteiger partial charge in [0.2, 0.25) is 0 Å². The topological polar surface area (TPSA) is 122 Å². The van der Waals surface area contributed by atoms with Crippen LogP contribution in [0.15, 0.2) is 52.2 Å². The van der Waals surface area contributed by atoms with Crippen LogP contribution in [-0.4, -0.2) is 60.4 Å². The molecule has 1 saturated heterocycles. The Kier molecular flexibility index (Phi) is 4.58. The maximum Gasteiger partial charge on any atom is 0.275 e. The number of aryl methyl sites for hydroxylation is 1. The van der Waals surface area contributed by atoms with Crippen molar-refractivity contribution in [2.75, 3.05) is 19.6 Å². The second-order valence-electron chi connectivity index (χ2n) is 9.43. The SMILES string of the molecule is Cc1ccnc(-c2cc3c4nc(c(=O)[nH]c4c2)-c2cccc4c(=O)n([nH]c24)CCN2CC[C@@H](C2)O3)n1. The van der Waals surface area contributed by atoms with Crippen LogP contribution < -0.4 is 15.9 Å². The number of hydrogen-bond donors (Lipinski definition) is 2. The molecule has 0 aliphatic carbocycles. The summed E-state index contributed by atoms with van der Waals surface area (Å²) in [4.78, 5) is 45.4. The van der Waals surface area contributed by atoms with Crippen molar-refractivity contribution in [1.29, 1.82) is 0 Å². The Balaban J connectivity index is 1.52. The van der Waals surface area contributed by atoms with E-state index in [1.54, 1.807) is 29.1 Å². The minimum absolute atomic E-state index is 0.0409. The molecule has 0 saturated carbocycles. The highest BCUT2D eigenvalue weighted by molar-refractivity contribution is 5.94. The summed E-state index contributed by atoms with van der Waals surface area (Å²) in [6, 6.07) is 10.9. The number of para-hydroxylation sites is 1. The zero-order valence-corrected chi connectivity index (χ0v) is 19.6. The van der Waals surface area contributed by atoms with E-state index in [0.29, 0.717) is 45.6 Å². The Bertz CT molecular complexity index is 1780. The molecule has 5 aromatic rings. The average molecular weight is 482 g/mol. The normalized spacial score (nSPS) is 19.1. The molecule has 0 spiro atoms. The number of nitrogens with zero attached hydrogens (tertiary/aromatic N) is 5. The molecule has 180 valence electrons. The monoisotopic (exact) mass is 481 g/mol. The fraction of sp³-hybridized carbons (Fsp3) is 0.269. The maximum atomic E-state index is 13.3. The van der Waals surface area contributed by atoms with Crippen LogP contribution in [0.4, 0.5) is 0 Å². The van der Waals surface area contributed by atoms with Crippen LogP contribution in [0.2, 0.25) is 0 Å². The molecule has 10 heteroatoms. The van der Waals surface area contributed by atoms with Crippen LogP contribution in [0.3, 0.4) is 0 Å². The number of hydrogen-bond acceptors (Lipinski definition) is 7. The van der Waals surface area contributed by atoms with E-state index in [1.807, 2.05) is 25.1 Å². The van der Waals surface area contributed by atoms with Gasteiger partial charge in [0.05, 0.1) is 23.0 Å². The first-order chi connectivity index (χ1) is 17.5. The number of fused-ring (bicyclic) bond motifs is 5. The summed E-state index contributed by atoms with van der Waals surface area (Å²) in [5, 5.41) is 3.76. The first-order valence-corrected chi connectivity index (χ1v) is 12.0. The van der Waals surface area contributed by atoms with Crippen LogP contribution in [0, 0.1) is 6.92 Å². The van der Waals surface area contributed by atoms with E-state index in [2.05, 4.69) is 25.0 Å². The van der Waals surface area contributed by atoms with E-state index in [4.69, 9.17) is 9.72 Å². The van der Waals surface area contributed by atoms with Crippen molar-refractivity contribution < 1.29 is 4.74 Å². The van der Waals surface area contributed by atoms with Crippen molar-refractivity contribution in [3.05, 3.63) is 69.0 Å². The summed E-state index contributed by atoms with van der Waals surface area (Å²) >= 11 is 0. The summed E-state index contributed by atoms with van der Waals surface area (Å²) in [6.07, 6.45) is 2.53. The maximum absolute atomic E-state index is 13.3. The smallest absolute Gasteiger partial charge is 0.275 e. The molecule has 2 N–H and O–H groups in total. The van der Waals surface area contributed by atoms with Crippen molar-refractivity contribution >= 4 is 21.9 Å². The lowest BCUT2D eigenvalue weighted by Gasteiger charge is -2.18. The van der Waals surface area contributed by atoms with E-state index < -0.39 is 0 Å². The van der Waals surface area contributed by atoms with Crippen molar-refractivity contribution in [2.24, 2.45) is 0 Å². The quantitative estimate of drug-likeness (QED) is 0.377. The van der Waals surface area contributed by atoms with E-state index in [9.17, 15) is 9.59 Å². The van der Waals surface area contributed by atoms with Gasteiger partial charge in [0, 0.05) is 42.7 Å². The van der Waals surface area contributed by atoms with E-state index in [0.717, 1.165) is 37.3 Å². The highest BCUT2D eigenvalue weighted by atomic mass is 16.5. The second kappa shape index (κ2) is 7.85. The van der Waals surface area contributed by atoms with Gasteiger partial charge in [0.1, 0.15) is 23.1 Å². The lowest BCUT2D eigenvalue weighted by molar-refractivity contribution is 0.199. The van der Waals surface area contributed by atoms with Gasteiger partial charge in [-0.2, -0.15) is 0 Å². The summed E-state index contributed by atoms with van der Waals surface area (Å²) in [7, 11) is 0. The molecule has 3 aromatic heterocycles. The standard InChI is InChI=1S/C26H23N7O3/c1-14-5-7-27-24(28-14)15-11-19-23-20(12-15)36-16-6-8-32(13-16)9-10-33-26(35)18-4-2-3-17(21(18)31-33)22(30-23)25(34)29-19/h2-5,7,11-12,16,31H,6,8-10,13H2,1H3,(H,29,34)/t16-/m0/s1. The van der Waals surface area contributed by atoms with Gasteiger partial charge >= 0.3 is 0 Å². The fourth-order valence-corrected chi connectivity index (χ4v) is 5.21.